The third-order valence-electron chi connectivity index (χ3n) is 11.9. The van der Waals surface area contributed by atoms with Crippen LogP contribution in [0.4, 0.5) is 0 Å². The van der Waals surface area contributed by atoms with Crippen LogP contribution in [0.1, 0.15) is 77.3 Å². The molecule has 0 radical (unpaired) electrons. The number of methoxy groups -OCH3 is 1. The van der Waals surface area contributed by atoms with Gasteiger partial charge in [-0.05, 0) is 86.3 Å². The normalized spacial score (nSPS) is 41.6. The van der Waals surface area contributed by atoms with E-state index in [0.29, 0.717) is 11.8 Å². The molecule has 6 heteroatoms. The van der Waals surface area contributed by atoms with Crippen molar-refractivity contribution in [1.29, 1.82) is 0 Å². The monoisotopic (exact) mass is 609 g/mol. The number of aromatic hydroxyl groups is 1. The van der Waals surface area contributed by atoms with Crippen molar-refractivity contribution in [1.82, 2.24) is 4.90 Å². The summed E-state index contributed by atoms with van der Waals surface area (Å²) in [5, 5.41) is 23.2. The van der Waals surface area contributed by atoms with Crippen LogP contribution in [0.3, 0.4) is 0 Å². The average molecular weight is 610 g/mol. The van der Waals surface area contributed by atoms with E-state index < -0.39 is 11.2 Å². The van der Waals surface area contributed by atoms with E-state index in [0.717, 1.165) is 44.6 Å². The van der Waals surface area contributed by atoms with Gasteiger partial charge in [-0.1, -0.05) is 49.4 Å². The van der Waals surface area contributed by atoms with Gasteiger partial charge in [-0.3, -0.25) is 4.90 Å². The fraction of sp³-hybridized carbons (Fsp3) is 0.800. The van der Waals surface area contributed by atoms with E-state index in [4.69, 9.17) is 9.47 Å². The molecule has 7 aliphatic rings. The number of phenols is 1. The summed E-state index contributed by atoms with van der Waals surface area (Å²) in [4.78, 5) is 4.79. The Morgan fingerprint density at radius 1 is 1.14 bits per heavy atom. The van der Waals surface area contributed by atoms with Crippen molar-refractivity contribution in [3.05, 3.63) is 23.3 Å². The molecule has 5 nitrogen and oxygen atoms in total. The van der Waals surface area contributed by atoms with E-state index in [-0.39, 0.29) is 34.0 Å². The number of likely N-dealkylation sites (tertiary alicyclic amines) is 1. The van der Waals surface area contributed by atoms with Crippen LogP contribution in [0.2, 0.25) is 0 Å². The number of hydrogen-bond acceptors (Lipinski definition) is 5. The zero-order chi connectivity index (χ0) is 25.9. The third kappa shape index (κ3) is 2.88. The molecule has 2 aliphatic heterocycles. The van der Waals surface area contributed by atoms with Gasteiger partial charge in [0.05, 0.1) is 5.60 Å². The molecule has 1 saturated heterocycles. The lowest BCUT2D eigenvalue weighted by Crippen LogP contribution is -2.83. The van der Waals surface area contributed by atoms with Gasteiger partial charge in [0.25, 0.3) is 0 Å². The van der Waals surface area contributed by atoms with Crippen LogP contribution in [0.5, 0.6) is 11.5 Å². The molecular formula is C30H44INO4. The van der Waals surface area contributed by atoms with Crippen LogP contribution < -0.4 is 4.74 Å². The summed E-state index contributed by atoms with van der Waals surface area (Å²) < 4.78 is 13.5. The lowest BCUT2D eigenvalue weighted by atomic mass is 9.33. The van der Waals surface area contributed by atoms with Gasteiger partial charge in [0.15, 0.2) is 11.5 Å². The molecule has 5 aliphatic carbocycles. The van der Waals surface area contributed by atoms with Gasteiger partial charge >= 0.3 is 0 Å². The molecule has 36 heavy (non-hydrogen) atoms. The molecule has 4 saturated carbocycles. The van der Waals surface area contributed by atoms with E-state index in [2.05, 4.69) is 54.3 Å². The van der Waals surface area contributed by atoms with Crippen molar-refractivity contribution in [2.75, 3.05) is 25.1 Å². The van der Waals surface area contributed by atoms with Crippen LogP contribution in [0.25, 0.3) is 0 Å². The predicted molar refractivity (Wildman–Crippen MR) is 150 cm³/mol. The molecule has 7 unspecified atom stereocenters. The van der Waals surface area contributed by atoms with Crippen LogP contribution >= 0.6 is 22.6 Å². The van der Waals surface area contributed by atoms with Crippen LogP contribution in [-0.2, 0) is 16.6 Å². The van der Waals surface area contributed by atoms with Crippen molar-refractivity contribution in [3.8, 4) is 11.5 Å². The number of phenolic OH excluding ortho intramolecular Hbond substituents is 1. The minimum atomic E-state index is -0.909. The first-order chi connectivity index (χ1) is 17.0. The predicted octanol–water partition coefficient (Wildman–Crippen LogP) is 5.47. The number of alkyl halides is 1. The number of rotatable bonds is 4. The summed E-state index contributed by atoms with van der Waals surface area (Å²) in [6, 6.07) is 4.46. The first-order valence-corrected chi connectivity index (χ1v) is 16.1. The Balaban J connectivity index is 0.00000117. The summed E-state index contributed by atoms with van der Waals surface area (Å²) in [5.74, 6) is 1.80. The van der Waals surface area contributed by atoms with Crippen LogP contribution in [-0.4, -0.2) is 63.6 Å². The van der Waals surface area contributed by atoms with Gasteiger partial charge in [0, 0.05) is 42.0 Å². The quantitative estimate of drug-likeness (QED) is 0.351. The Morgan fingerprint density at radius 3 is 2.50 bits per heavy atom. The molecule has 0 amide bonds. The first kappa shape index (κ1) is 25.7. The Morgan fingerprint density at radius 2 is 1.86 bits per heavy atom. The highest BCUT2D eigenvalue weighted by molar-refractivity contribution is 14.1. The molecule has 1 aromatic rings. The largest absolute Gasteiger partial charge is 0.504 e. The molecule has 2 spiro atoms. The van der Waals surface area contributed by atoms with Crippen molar-refractivity contribution >= 4 is 22.6 Å². The zero-order valence-electron chi connectivity index (χ0n) is 22.9. The summed E-state index contributed by atoms with van der Waals surface area (Å²) in [7, 11) is 1.83. The van der Waals surface area contributed by atoms with Crippen molar-refractivity contribution < 1.29 is 19.7 Å². The highest BCUT2D eigenvalue weighted by atomic mass is 127. The van der Waals surface area contributed by atoms with Crippen molar-refractivity contribution in [2.24, 2.45) is 22.7 Å². The molecule has 4 bridgehead atoms. The number of halogens is 1. The van der Waals surface area contributed by atoms with E-state index in [1.165, 1.54) is 30.5 Å². The Kier molecular flexibility index (Phi) is 5.70. The maximum Gasteiger partial charge on any atom is 0.165 e. The smallest absolute Gasteiger partial charge is 0.165 e. The summed E-state index contributed by atoms with van der Waals surface area (Å²) in [5.41, 5.74) is 0.783. The van der Waals surface area contributed by atoms with Gasteiger partial charge in [-0.2, -0.15) is 0 Å². The maximum atomic E-state index is 12.2. The molecule has 8 rings (SSSR count). The molecule has 1 aromatic carbocycles. The minimum absolute atomic E-state index is 0.0294. The molecule has 2 heterocycles. The van der Waals surface area contributed by atoms with E-state index in [9.17, 15) is 10.2 Å². The third-order valence-corrected chi connectivity index (χ3v) is 11.9. The first-order valence-electron chi connectivity index (χ1n) is 13.9. The molecule has 7 atom stereocenters. The summed E-state index contributed by atoms with van der Waals surface area (Å²) in [6.45, 7) is 10.8. The SMILES string of the molecule is CI.COC12CCC3(CC1C(C)(O)C(C)(C)C)C1Cc4ccc(O)c5c4C3(CCN1CC1CC1)C2O5. The van der Waals surface area contributed by atoms with Gasteiger partial charge in [0.1, 0.15) is 11.7 Å². The number of fused-ring (bicyclic) bond motifs is 2. The van der Waals surface area contributed by atoms with Gasteiger partial charge < -0.3 is 19.7 Å². The summed E-state index contributed by atoms with van der Waals surface area (Å²) >= 11 is 2.15. The number of hydrogen-bond donors (Lipinski definition) is 2. The number of benzene rings is 1. The van der Waals surface area contributed by atoms with Gasteiger partial charge in [0.2, 0.25) is 0 Å². The van der Waals surface area contributed by atoms with Gasteiger partial charge in [-0.25, -0.2) is 0 Å². The Hall–Kier alpha value is -0.570. The average Bonchev–Trinajstić information content (AvgIpc) is 3.59. The molecule has 2 N–H and O–H groups in total. The second-order valence-corrected chi connectivity index (χ2v) is 13.8. The van der Waals surface area contributed by atoms with E-state index >= 15 is 0 Å². The highest BCUT2D eigenvalue weighted by Gasteiger charge is 2.82. The summed E-state index contributed by atoms with van der Waals surface area (Å²) in [6.07, 6.45) is 7.64. The molecule has 5 fully saturated rings. The lowest BCUT2D eigenvalue weighted by Gasteiger charge is -2.75. The van der Waals surface area contributed by atoms with Crippen molar-refractivity contribution in [3.63, 3.8) is 0 Å². The Bertz CT molecular complexity index is 1060. The zero-order valence-corrected chi connectivity index (χ0v) is 25.0. The second kappa shape index (κ2) is 7.98. The second-order valence-electron chi connectivity index (χ2n) is 13.8. The lowest BCUT2D eigenvalue weighted by molar-refractivity contribution is -0.312. The standard InChI is InChI=1S/C29H41NO4.CH3I/c1-25(2,3)26(4,32)20-15-27-10-11-29(20,33-5)24-28(27)12-13-30(16-17-6-7-17)21(27)14-18-8-9-19(31)23(34-24)22(18)28;1-2/h8-9,17,20-21,24,31-32H,6-7,10-16H2,1-5H3;1H3. The fourth-order valence-corrected chi connectivity index (χ4v) is 9.58. The molecular weight excluding hydrogens is 565 g/mol. The molecule has 200 valence electrons. The number of aliphatic hydroxyl groups is 1. The van der Waals surface area contributed by atoms with Crippen molar-refractivity contribution in [2.45, 2.75) is 101 Å². The number of ether oxygens (including phenoxy) is 2. The minimum Gasteiger partial charge on any atom is -0.504 e. The number of nitrogens with zero attached hydrogens (tertiary/aromatic N) is 1. The van der Waals surface area contributed by atoms with Crippen LogP contribution in [0.15, 0.2) is 12.1 Å². The van der Waals surface area contributed by atoms with E-state index in [1.807, 2.05) is 25.0 Å². The van der Waals surface area contributed by atoms with E-state index in [1.54, 1.807) is 0 Å². The highest BCUT2D eigenvalue weighted by Crippen LogP contribution is 2.78. The topological polar surface area (TPSA) is 62.2 Å². The molecule has 0 aromatic heterocycles. The van der Waals surface area contributed by atoms with Gasteiger partial charge in [-0.15, -0.1) is 0 Å². The fourth-order valence-electron chi connectivity index (χ4n) is 9.58. The van der Waals surface area contributed by atoms with Crippen LogP contribution in [0, 0.1) is 22.7 Å². The Labute approximate surface area is 230 Å². The number of piperidine rings is 1. The maximum absolute atomic E-state index is 12.2.